The van der Waals surface area contributed by atoms with Gasteiger partial charge in [-0.3, -0.25) is 9.98 Å². The molecule has 0 bridgehead atoms. The van der Waals surface area contributed by atoms with E-state index in [-0.39, 0.29) is 5.41 Å². The molecule has 1 aliphatic heterocycles. The molecule has 1 aromatic heterocycles. The quantitative estimate of drug-likeness (QED) is 0.0851. The minimum absolute atomic E-state index is 0.382. The van der Waals surface area contributed by atoms with E-state index < -0.39 is 0 Å². The van der Waals surface area contributed by atoms with Gasteiger partial charge in [0.15, 0.2) is 11.7 Å². The topological polar surface area (TPSA) is 54.4 Å². The van der Waals surface area contributed by atoms with Crippen LogP contribution in [0.15, 0.2) is 208 Å². The predicted octanol–water partition coefficient (Wildman–Crippen LogP) is 12.4. The molecule has 5 heteroatoms. The Balaban J connectivity index is 0.000000176. The van der Waals surface area contributed by atoms with E-state index in [1.807, 2.05) is 61.5 Å². The highest BCUT2D eigenvalue weighted by Gasteiger charge is 2.44. The van der Waals surface area contributed by atoms with Crippen LogP contribution in [0.5, 0.6) is 0 Å². The zero-order valence-corrected chi connectivity index (χ0v) is 32.4. The number of hydrogen-bond acceptors (Lipinski definition) is 2. The summed E-state index contributed by atoms with van der Waals surface area (Å²) in [5.41, 5.74) is 11.0. The van der Waals surface area contributed by atoms with Crippen molar-refractivity contribution in [2.24, 2.45) is 27.0 Å². The van der Waals surface area contributed by atoms with Gasteiger partial charge in [0.25, 0.3) is 0 Å². The van der Waals surface area contributed by atoms with E-state index in [0.29, 0.717) is 12.4 Å². The highest BCUT2D eigenvalue weighted by molar-refractivity contribution is 6.21. The number of amidine groups is 2. The predicted molar refractivity (Wildman–Crippen MR) is 240 cm³/mol. The molecule has 0 saturated carbocycles. The molecule has 2 heterocycles. The van der Waals surface area contributed by atoms with Crippen molar-refractivity contribution in [3.63, 3.8) is 0 Å². The third-order valence-corrected chi connectivity index (χ3v) is 10.5. The van der Waals surface area contributed by atoms with Crippen LogP contribution in [-0.4, -0.2) is 28.7 Å². The Kier molecular flexibility index (Phi) is 11.5. The van der Waals surface area contributed by atoms with E-state index in [4.69, 9.17) is 15.0 Å². The van der Waals surface area contributed by atoms with Crippen molar-refractivity contribution in [1.82, 2.24) is 4.57 Å². The molecule has 6 aromatic rings. The number of benzene rings is 5. The Morgan fingerprint density at radius 2 is 1.54 bits per heavy atom. The summed E-state index contributed by atoms with van der Waals surface area (Å²) in [6, 6.07) is 43.9. The average Bonchev–Trinajstić information content (AvgIpc) is 3.73. The number of aliphatic imine (C=N–C) groups is 4. The molecule has 1 aliphatic carbocycles. The number of fused-ring (bicyclic) bond motifs is 5. The van der Waals surface area contributed by atoms with Gasteiger partial charge in [-0.05, 0) is 67.8 Å². The summed E-state index contributed by atoms with van der Waals surface area (Å²) in [6.45, 7) is 12.6. The maximum absolute atomic E-state index is 5.22. The molecule has 0 radical (unpaired) electrons. The van der Waals surface area contributed by atoms with E-state index in [2.05, 4.69) is 152 Å². The lowest BCUT2D eigenvalue weighted by Gasteiger charge is -2.30. The number of aryl methyl sites for hydroxylation is 1. The summed E-state index contributed by atoms with van der Waals surface area (Å²) >= 11 is 0. The largest absolute Gasteiger partial charge is 0.343 e. The van der Waals surface area contributed by atoms with Crippen molar-refractivity contribution < 1.29 is 0 Å². The molecule has 5 nitrogen and oxygen atoms in total. The number of aromatic nitrogens is 1. The third kappa shape index (κ3) is 7.49. The van der Waals surface area contributed by atoms with Crippen LogP contribution in [0.25, 0.3) is 21.8 Å². The van der Waals surface area contributed by atoms with Crippen molar-refractivity contribution in [2.45, 2.75) is 38.6 Å². The van der Waals surface area contributed by atoms with E-state index >= 15 is 0 Å². The molecule has 2 aliphatic rings. The molecule has 5 aromatic carbocycles. The van der Waals surface area contributed by atoms with Crippen molar-refractivity contribution in [1.29, 1.82) is 0 Å². The minimum Gasteiger partial charge on any atom is -0.343 e. The first-order valence-electron chi connectivity index (χ1n) is 19.1. The van der Waals surface area contributed by atoms with Gasteiger partial charge in [0.2, 0.25) is 0 Å². The molecule has 0 N–H and O–H groups in total. The second-order valence-electron chi connectivity index (χ2n) is 14.0. The van der Waals surface area contributed by atoms with Crippen molar-refractivity contribution >= 4 is 51.6 Å². The highest BCUT2D eigenvalue weighted by Crippen LogP contribution is 2.51. The van der Waals surface area contributed by atoms with Gasteiger partial charge in [0.05, 0.1) is 28.9 Å². The van der Waals surface area contributed by atoms with Crippen LogP contribution in [0.1, 0.15) is 48.9 Å². The first-order valence-corrected chi connectivity index (χ1v) is 19.1. The summed E-state index contributed by atoms with van der Waals surface area (Å²) in [5.74, 6) is 1.34. The fourth-order valence-electron chi connectivity index (χ4n) is 7.75. The normalized spacial score (nSPS) is 17.0. The van der Waals surface area contributed by atoms with E-state index in [1.165, 1.54) is 32.9 Å². The molecule has 0 amide bonds. The smallest absolute Gasteiger partial charge is 0.160 e. The lowest BCUT2D eigenvalue weighted by molar-refractivity contribution is 0.793. The monoisotopic (exact) mass is 729 g/mol. The molecule has 1 unspecified atom stereocenters. The van der Waals surface area contributed by atoms with Gasteiger partial charge in [0.1, 0.15) is 0 Å². The molecule has 8 rings (SSSR count). The summed E-state index contributed by atoms with van der Waals surface area (Å²) in [6.07, 6.45) is 16.4. The van der Waals surface area contributed by atoms with Crippen LogP contribution in [0.2, 0.25) is 0 Å². The van der Waals surface area contributed by atoms with Crippen LogP contribution in [-0.2, 0) is 19.0 Å². The molecule has 0 spiro atoms. The SMILES string of the molecule is C=C/C=C(\C=C/C)C1=Nc2ccc3c4ccccc4n(C)c3c2C1(C)c1ccccc1.C=NC(=NC(=NCc1ccccc1)C1=CC=CCC1)c1ccccc1. The van der Waals surface area contributed by atoms with Crippen LogP contribution in [0.3, 0.4) is 0 Å². The van der Waals surface area contributed by atoms with Crippen molar-refractivity contribution in [2.75, 3.05) is 0 Å². The second kappa shape index (κ2) is 17.2. The third-order valence-electron chi connectivity index (χ3n) is 10.5. The standard InChI is InChI=1S/C29H26N2.C22H21N3/c1-5-12-20(13-6-2)28-29(3,21-14-8-7-9-15-21)26-24(30-28)19-18-23-22-16-10-11-17-25(22)31(4)27(23)26;1-23-21(19-13-7-3-8-14-19)25-22(20-15-9-4-10-16-20)24-17-18-11-5-2-6-12-18/h5-19H,1H2,2-4H3;2-9,11-15H,1,10,16-17H2/b13-6-,20-12+;. The van der Waals surface area contributed by atoms with E-state index in [0.717, 1.165) is 52.3 Å². The summed E-state index contributed by atoms with van der Waals surface area (Å²) < 4.78 is 2.33. The first-order chi connectivity index (χ1) is 27.5. The van der Waals surface area contributed by atoms with Gasteiger partial charge >= 0.3 is 0 Å². The summed E-state index contributed by atoms with van der Waals surface area (Å²) in [4.78, 5) is 18.8. The number of allylic oxidation sites excluding steroid dienone is 8. The zero-order chi connectivity index (χ0) is 38.9. The van der Waals surface area contributed by atoms with Gasteiger partial charge in [-0.25, -0.2) is 9.98 Å². The zero-order valence-electron chi connectivity index (χ0n) is 32.4. The molecule has 276 valence electrons. The Hall–Kier alpha value is -6.72. The van der Waals surface area contributed by atoms with Crippen LogP contribution >= 0.6 is 0 Å². The molecule has 0 fully saturated rings. The Bertz CT molecular complexity index is 2600. The minimum atomic E-state index is -0.382. The number of hydrogen-bond donors (Lipinski definition) is 0. The molecular weight excluding hydrogens is 683 g/mol. The van der Waals surface area contributed by atoms with Crippen molar-refractivity contribution in [3.05, 3.63) is 210 Å². The Morgan fingerprint density at radius 1 is 0.839 bits per heavy atom. The van der Waals surface area contributed by atoms with Gasteiger partial charge in [0, 0.05) is 34.5 Å². The van der Waals surface area contributed by atoms with Gasteiger partial charge in [-0.15, -0.1) is 0 Å². The average molecular weight is 730 g/mol. The lowest BCUT2D eigenvalue weighted by Crippen LogP contribution is -2.32. The van der Waals surface area contributed by atoms with Gasteiger partial charge in [-0.2, -0.15) is 0 Å². The summed E-state index contributed by atoms with van der Waals surface area (Å²) in [5, 5.41) is 2.55. The second-order valence-corrected chi connectivity index (χ2v) is 14.0. The van der Waals surface area contributed by atoms with E-state index in [1.54, 1.807) is 0 Å². The van der Waals surface area contributed by atoms with Crippen LogP contribution < -0.4 is 0 Å². The number of para-hydroxylation sites is 1. The van der Waals surface area contributed by atoms with Crippen LogP contribution in [0, 0.1) is 0 Å². The Morgan fingerprint density at radius 3 is 2.21 bits per heavy atom. The first kappa shape index (κ1) is 37.6. The van der Waals surface area contributed by atoms with E-state index in [9.17, 15) is 0 Å². The molecule has 56 heavy (non-hydrogen) atoms. The number of rotatable bonds is 8. The van der Waals surface area contributed by atoms with Gasteiger partial charge in [-0.1, -0.05) is 164 Å². The molecular formula is C51H47N5. The fraction of sp³-hybridized carbons (Fsp3) is 0.137. The van der Waals surface area contributed by atoms with Crippen molar-refractivity contribution in [3.8, 4) is 0 Å². The van der Waals surface area contributed by atoms with Crippen LogP contribution in [0.4, 0.5) is 5.69 Å². The highest BCUT2D eigenvalue weighted by atomic mass is 15.0. The molecule has 0 saturated heterocycles. The molecule has 1 atom stereocenters. The lowest BCUT2D eigenvalue weighted by atomic mass is 9.71. The summed E-state index contributed by atoms with van der Waals surface area (Å²) in [7, 11) is 2.17. The maximum Gasteiger partial charge on any atom is 0.160 e. The number of nitrogens with zero attached hydrogens (tertiary/aromatic N) is 5. The fourth-order valence-corrected chi connectivity index (χ4v) is 7.75. The maximum atomic E-state index is 5.22. The van der Waals surface area contributed by atoms with Gasteiger partial charge < -0.3 is 4.57 Å². The Labute approximate surface area is 330 Å².